The van der Waals surface area contributed by atoms with Crippen LogP contribution in [-0.4, -0.2) is 6.29 Å². The third-order valence-corrected chi connectivity index (χ3v) is 3.45. The molecular weight excluding hydrogens is 228 g/mol. The lowest BCUT2D eigenvalue weighted by Crippen LogP contribution is -1.84. The first-order valence-electron chi connectivity index (χ1n) is 4.51. The molecule has 3 heteroatoms. The van der Waals surface area contributed by atoms with Crippen LogP contribution in [0.1, 0.15) is 15.9 Å². The van der Waals surface area contributed by atoms with Gasteiger partial charge in [0, 0.05) is 21.0 Å². The van der Waals surface area contributed by atoms with Crippen LogP contribution in [0, 0.1) is 6.92 Å². The quantitative estimate of drug-likeness (QED) is 0.715. The summed E-state index contributed by atoms with van der Waals surface area (Å²) in [5, 5.41) is 2.71. The first-order valence-corrected chi connectivity index (χ1v) is 5.76. The van der Waals surface area contributed by atoms with Gasteiger partial charge in [0.05, 0.1) is 0 Å². The van der Waals surface area contributed by atoms with Crippen molar-refractivity contribution in [3.05, 3.63) is 45.8 Å². The second-order valence-electron chi connectivity index (χ2n) is 3.34. The normalized spacial score (nSPS) is 10.3. The fourth-order valence-electron chi connectivity index (χ4n) is 1.42. The van der Waals surface area contributed by atoms with E-state index in [9.17, 15) is 4.79 Å². The summed E-state index contributed by atoms with van der Waals surface area (Å²) in [4.78, 5) is 12.0. The van der Waals surface area contributed by atoms with E-state index in [-0.39, 0.29) is 0 Å². The Kier molecular flexibility index (Phi) is 2.89. The van der Waals surface area contributed by atoms with Crippen molar-refractivity contribution in [2.24, 2.45) is 0 Å². The highest BCUT2D eigenvalue weighted by molar-refractivity contribution is 7.13. The zero-order chi connectivity index (χ0) is 10.8. The third-order valence-electron chi connectivity index (χ3n) is 2.14. The van der Waals surface area contributed by atoms with Crippen LogP contribution in [0.5, 0.6) is 0 Å². The van der Waals surface area contributed by atoms with Gasteiger partial charge in [0.15, 0.2) is 6.29 Å². The van der Waals surface area contributed by atoms with Crippen LogP contribution in [0.15, 0.2) is 29.6 Å². The first kappa shape index (κ1) is 10.4. The number of aryl methyl sites for hydroxylation is 1. The van der Waals surface area contributed by atoms with E-state index in [1.807, 2.05) is 13.0 Å². The van der Waals surface area contributed by atoms with Gasteiger partial charge in [-0.1, -0.05) is 11.6 Å². The molecule has 0 saturated heterocycles. The molecule has 1 nitrogen and oxygen atoms in total. The predicted molar refractivity (Wildman–Crippen MR) is 64.9 cm³/mol. The molecule has 0 spiro atoms. The number of thiophene rings is 1. The van der Waals surface area contributed by atoms with Crippen molar-refractivity contribution < 1.29 is 4.79 Å². The molecule has 0 N–H and O–H groups in total. The average molecular weight is 237 g/mol. The minimum Gasteiger partial charge on any atom is -0.298 e. The van der Waals surface area contributed by atoms with Gasteiger partial charge in [-0.05, 0) is 42.1 Å². The fraction of sp³-hybridized carbons (Fsp3) is 0.0833. The Balaban J connectivity index is 2.59. The Bertz CT molecular complexity index is 502. The molecule has 0 bridgehead atoms. The highest BCUT2D eigenvalue weighted by Gasteiger charge is 2.07. The Hall–Kier alpha value is -1.12. The van der Waals surface area contributed by atoms with Crippen LogP contribution in [0.25, 0.3) is 10.4 Å². The second-order valence-corrected chi connectivity index (χ2v) is 4.69. The number of carbonyl (C=O) groups excluding carboxylic acids is 1. The topological polar surface area (TPSA) is 17.1 Å². The number of rotatable bonds is 2. The van der Waals surface area contributed by atoms with E-state index in [0.717, 1.165) is 16.7 Å². The van der Waals surface area contributed by atoms with Gasteiger partial charge >= 0.3 is 0 Å². The van der Waals surface area contributed by atoms with Gasteiger partial charge < -0.3 is 0 Å². The molecule has 2 aromatic rings. The summed E-state index contributed by atoms with van der Waals surface area (Å²) in [6.45, 7) is 2.03. The number of hydrogen-bond donors (Lipinski definition) is 0. The van der Waals surface area contributed by atoms with E-state index >= 15 is 0 Å². The molecular formula is C12H9ClOS. The number of hydrogen-bond acceptors (Lipinski definition) is 2. The molecule has 1 aromatic heterocycles. The molecule has 1 aromatic carbocycles. The van der Waals surface area contributed by atoms with Gasteiger partial charge in [-0.3, -0.25) is 4.79 Å². The third kappa shape index (κ3) is 2.11. The molecule has 0 aliphatic carbocycles. The van der Waals surface area contributed by atoms with E-state index in [4.69, 9.17) is 11.6 Å². The summed E-state index contributed by atoms with van der Waals surface area (Å²) in [6, 6.07) is 7.37. The zero-order valence-electron chi connectivity index (χ0n) is 8.16. The van der Waals surface area contributed by atoms with E-state index in [1.54, 1.807) is 23.5 Å². The zero-order valence-corrected chi connectivity index (χ0v) is 9.73. The van der Waals surface area contributed by atoms with Gasteiger partial charge in [-0.25, -0.2) is 0 Å². The van der Waals surface area contributed by atoms with Crippen LogP contribution < -0.4 is 0 Å². The fourth-order valence-corrected chi connectivity index (χ4v) is 2.53. The second kappa shape index (κ2) is 4.17. The van der Waals surface area contributed by atoms with Crippen LogP contribution in [-0.2, 0) is 0 Å². The van der Waals surface area contributed by atoms with Crippen LogP contribution in [0.2, 0.25) is 5.02 Å². The van der Waals surface area contributed by atoms with Crippen molar-refractivity contribution >= 4 is 29.2 Å². The van der Waals surface area contributed by atoms with Crippen molar-refractivity contribution in [1.82, 2.24) is 0 Å². The largest absolute Gasteiger partial charge is 0.298 e. The van der Waals surface area contributed by atoms with E-state index in [2.05, 4.69) is 11.4 Å². The Morgan fingerprint density at radius 2 is 2.13 bits per heavy atom. The molecule has 0 radical (unpaired) electrons. The van der Waals surface area contributed by atoms with E-state index < -0.39 is 0 Å². The molecule has 0 atom stereocenters. The summed E-state index contributed by atoms with van der Waals surface area (Å²) in [5.74, 6) is 0. The molecule has 0 unspecified atom stereocenters. The van der Waals surface area contributed by atoms with Crippen molar-refractivity contribution in [3.63, 3.8) is 0 Å². The molecule has 0 fully saturated rings. The van der Waals surface area contributed by atoms with Crippen molar-refractivity contribution in [2.75, 3.05) is 0 Å². The molecule has 0 amide bonds. The summed E-state index contributed by atoms with van der Waals surface area (Å²) >= 11 is 7.54. The number of carbonyl (C=O) groups is 1. The van der Waals surface area contributed by atoms with Crippen molar-refractivity contribution in [1.29, 1.82) is 0 Å². The SMILES string of the molecule is Cc1csc(-c2cc(Cl)ccc2C=O)c1. The maximum atomic E-state index is 10.9. The van der Waals surface area contributed by atoms with Gasteiger partial charge in [0.2, 0.25) is 0 Å². The van der Waals surface area contributed by atoms with Gasteiger partial charge in [0.25, 0.3) is 0 Å². The van der Waals surface area contributed by atoms with Gasteiger partial charge in [-0.15, -0.1) is 11.3 Å². The molecule has 0 saturated carbocycles. The van der Waals surface area contributed by atoms with E-state index in [1.165, 1.54) is 5.56 Å². The molecule has 2 rings (SSSR count). The molecule has 0 aliphatic rings. The highest BCUT2D eigenvalue weighted by Crippen LogP contribution is 2.31. The highest BCUT2D eigenvalue weighted by atomic mass is 35.5. The Morgan fingerprint density at radius 1 is 1.33 bits per heavy atom. The van der Waals surface area contributed by atoms with Gasteiger partial charge in [0.1, 0.15) is 0 Å². The minimum absolute atomic E-state index is 0.654. The number of aldehydes is 1. The van der Waals surface area contributed by atoms with Crippen molar-refractivity contribution in [3.8, 4) is 10.4 Å². The lowest BCUT2D eigenvalue weighted by atomic mass is 10.1. The summed E-state index contributed by atoms with van der Waals surface area (Å²) in [5.41, 5.74) is 2.80. The first-order chi connectivity index (χ1) is 7.20. The average Bonchev–Trinajstić information content (AvgIpc) is 2.65. The summed E-state index contributed by atoms with van der Waals surface area (Å²) in [6.07, 6.45) is 0.862. The molecule has 76 valence electrons. The smallest absolute Gasteiger partial charge is 0.150 e. The Labute approximate surface area is 97.3 Å². The lowest BCUT2D eigenvalue weighted by molar-refractivity contribution is 0.112. The molecule has 1 heterocycles. The number of halogens is 1. The monoisotopic (exact) mass is 236 g/mol. The van der Waals surface area contributed by atoms with Crippen LogP contribution in [0.3, 0.4) is 0 Å². The minimum atomic E-state index is 0.654. The molecule has 0 aliphatic heterocycles. The maximum Gasteiger partial charge on any atom is 0.150 e. The van der Waals surface area contributed by atoms with Gasteiger partial charge in [-0.2, -0.15) is 0 Å². The van der Waals surface area contributed by atoms with Crippen LogP contribution in [0.4, 0.5) is 0 Å². The maximum absolute atomic E-state index is 10.9. The standard InChI is InChI=1S/C12H9ClOS/c1-8-4-12(15-7-8)11-5-10(13)3-2-9(11)6-14/h2-7H,1H3. The Morgan fingerprint density at radius 3 is 2.73 bits per heavy atom. The van der Waals surface area contributed by atoms with Crippen molar-refractivity contribution in [2.45, 2.75) is 6.92 Å². The summed E-state index contributed by atoms with van der Waals surface area (Å²) in [7, 11) is 0. The molecule has 15 heavy (non-hydrogen) atoms. The van der Waals surface area contributed by atoms with E-state index in [0.29, 0.717) is 10.6 Å². The summed E-state index contributed by atoms with van der Waals surface area (Å²) < 4.78 is 0. The number of benzene rings is 1. The predicted octanol–water partition coefficient (Wildman–Crippen LogP) is 4.19. The lowest BCUT2D eigenvalue weighted by Gasteiger charge is -2.02. The van der Waals surface area contributed by atoms with Crippen LogP contribution >= 0.6 is 22.9 Å².